The second-order valence-corrected chi connectivity index (χ2v) is 11.8. The molecular formula is C25H28F6N6O2S. The van der Waals surface area contributed by atoms with Crippen molar-refractivity contribution in [2.24, 2.45) is 5.92 Å². The fraction of sp³-hybridized carbons (Fsp3) is 0.480. The lowest BCUT2D eigenvalue weighted by Crippen LogP contribution is -2.45. The highest BCUT2D eigenvalue weighted by Crippen LogP contribution is 2.31. The molecule has 1 fully saturated rings. The fourth-order valence-corrected chi connectivity index (χ4v) is 5.49. The van der Waals surface area contributed by atoms with Gasteiger partial charge in [0.05, 0.1) is 35.3 Å². The number of anilines is 2. The highest BCUT2D eigenvalue weighted by molar-refractivity contribution is 7.92. The van der Waals surface area contributed by atoms with Crippen LogP contribution in [0, 0.1) is 11.7 Å². The Kier molecular flexibility index (Phi) is 8.73. The van der Waals surface area contributed by atoms with Gasteiger partial charge in [0.25, 0.3) is 0 Å². The van der Waals surface area contributed by atoms with Gasteiger partial charge in [0.2, 0.25) is 22.4 Å². The van der Waals surface area contributed by atoms with E-state index < -0.39 is 52.2 Å². The molecule has 4 rings (SSSR count). The van der Waals surface area contributed by atoms with Gasteiger partial charge < -0.3 is 10.6 Å². The Hall–Kier alpha value is -3.20. The van der Waals surface area contributed by atoms with Gasteiger partial charge in [0.1, 0.15) is 11.3 Å². The van der Waals surface area contributed by atoms with Crippen LogP contribution in [0.2, 0.25) is 0 Å². The molecule has 8 nitrogen and oxygen atoms in total. The Balaban J connectivity index is 1.58. The van der Waals surface area contributed by atoms with E-state index in [9.17, 15) is 34.8 Å². The number of nitrogens with one attached hydrogen (secondary N) is 3. The van der Waals surface area contributed by atoms with Crippen LogP contribution in [-0.4, -0.2) is 60.9 Å². The molecule has 1 unspecified atom stereocenters. The van der Waals surface area contributed by atoms with E-state index in [-0.39, 0.29) is 30.9 Å². The summed E-state index contributed by atoms with van der Waals surface area (Å²) < 4.78 is 104. The van der Waals surface area contributed by atoms with Crippen LogP contribution in [-0.2, 0) is 10.0 Å². The summed E-state index contributed by atoms with van der Waals surface area (Å²) in [4.78, 5) is 13.4. The van der Waals surface area contributed by atoms with E-state index in [1.54, 1.807) is 6.07 Å². The molecule has 1 saturated heterocycles. The normalized spacial score (nSPS) is 18.4. The maximum absolute atomic E-state index is 14.8. The summed E-state index contributed by atoms with van der Waals surface area (Å²) in [5, 5.41) is 6.09. The minimum absolute atomic E-state index is 0.0453. The number of alkyl halides is 5. The van der Waals surface area contributed by atoms with Crippen molar-refractivity contribution >= 4 is 32.7 Å². The van der Waals surface area contributed by atoms with Gasteiger partial charge >= 0.3 is 6.18 Å². The van der Waals surface area contributed by atoms with Crippen molar-refractivity contribution in [3.63, 3.8) is 0 Å². The zero-order valence-electron chi connectivity index (χ0n) is 21.6. The number of benzene rings is 1. The van der Waals surface area contributed by atoms with E-state index in [0.717, 1.165) is 17.7 Å². The molecule has 3 heterocycles. The van der Waals surface area contributed by atoms with E-state index in [2.05, 4.69) is 25.6 Å². The van der Waals surface area contributed by atoms with E-state index in [1.807, 2.05) is 18.6 Å². The quantitative estimate of drug-likeness (QED) is 0.290. The average molecular weight is 591 g/mol. The fourth-order valence-electron chi connectivity index (χ4n) is 4.39. The Bertz CT molecular complexity index is 1470. The van der Waals surface area contributed by atoms with Crippen molar-refractivity contribution in [1.82, 2.24) is 20.3 Å². The molecule has 0 bridgehead atoms. The topological polar surface area (TPSA) is 109 Å². The van der Waals surface area contributed by atoms with E-state index in [0.29, 0.717) is 28.8 Å². The second-order valence-electron chi connectivity index (χ2n) is 9.99. The maximum Gasteiger partial charge on any atom is 0.390 e. The molecule has 15 heteroatoms. The van der Waals surface area contributed by atoms with Gasteiger partial charge in [-0.25, -0.2) is 36.5 Å². The van der Waals surface area contributed by atoms with Crippen molar-refractivity contribution < 1.29 is 34.8 Å². The third-order valence-electron chi connectivity index (χ3n) is 6.46. The summed E-state index contributed by atoms with van der Waals surface area (Å²) in [5.74, 6) is -2.78. The van der Waals surface area contributed by atoms with Gasteiger partial charge in [-0.1, -0.05) is 19.9 Å². The first-order valence-corrected chi connectivity index (χ1v) is 14.2. The molecule has 3 N–H and O–H groups in total. The third kappa shape index (κ3) is 7.50. The third-order valence-corrected chi connectivity index (χ3v) is 7.73. The summed E-state index contributed by atoms with van der Waals surface area (Å²) >= 11 is 0. The van der Waals surface area contributed by atoms with Crippen molar-refractivity contribution in [3.05, 3.63) is 41.8 Å². The Morgan fingerprint density at radius 1 is 1.12 bits per heavy atom. The van der Waals surface area contributed by atoms with Crippen LogP contribution in [0.25, 0.3) is 22.3 Å². The van der Waals surface area contributed by atoms with E-state index >= 15 is 0 Å². The van der Waals surface area contributed by atoms with Gasteiger partial charge in [-0.15, -0.1) is 0 Å². The zero-order chi connectivity index (χ0) is 29.2. The Morgan fingerprint density at radius 2 is 1.88 bits per heavy atom. The van der Waals surface area contributed by atoms with Crippen molar-refractivity contribution in [1.29, 1.82) is 0 Å². The monoisotopic (exact) mass is 590 g/mol. The summed E-state index contributed by atoms with van der Waals surface area (Å²) in [5.41, 5.74) is 1.85. The molecular weight excluding hydrogens is 562 g/mol. The maximum atomic E-state index is 14.8. The predicted octanol–water partition coefficient (Wildman–Crippen LogP) is 5.30. The minimum atomic E-state index is -4.67. The number of fused-ring (bicyclic) bond motifs is 1. The number of nitrogens with zero attached hydrogens (tertiary/aromatic N) is 3. The van der Waals surface area contributed by atoms with Gasteiger partial charge in [-0.3, -0.25) is 4.72 Å². The van der Waals surface area contributed by atoms with Crippen LogP contribution < -0.4 is 15.4 Å². The van der Waals surface area contributed by atoms with Gasteiger partial charge in [-0.2, -0.15) is 13.2 Å². The van der Waals surface area contributed by atoms with Crippen molar-refractivity contribution in [2.75, 3.05) is 28.9 Å². The number of piperidine rings is 1. The van der Waals surface area contributed by atoms with Crippen LogP contribution in [0.4, 0.5) is 38.0 Å². The van der Waals surface area contributed by atoms with Crippen molar-refractivity contribution in [3.8, 4) is 11.3 Å². The predicted molar refractivity (Wildman–Crippen MR) is 139 cm³/mol. The summed E-state index contributed by atoms with van der Waals surface area (Å²) in [7, 11) is -4.43. The molecule has 3 aromatic rings. The molecule has 0 amide bonds. The van der Waals surface area contributed by atoms with E-state index in [1.165, 1.54) is 12.3 Å². The van der Waals surface area contributed by atoms with E-state index in [4.69, 9.17) is 0 Å². The molecule has 0 spiro atoms. The number of hydrogen-bond donors (Lipinski definition) is 3. The lowest BCUT2D eigenvalue weighted by atomic mass is 9.96. The van der Waals surface area contributed by atoms with Crippen LogP contribution in [0.15, 0.2) is 30.5 Å². The smallest absolute Gasteiger partial charge is 0.350 e. The van der Waals surface area contributed by atoms with Crippen LogP contribution in [0.5, 0.6) is 0 Å². The SMILES string of the molecule is CC(C)c1cc(-c2ccc(NS(=O)(=O)CCC(F)(F)F)c(F)c2)nc2cnc(N[C@@H]3CNCC(C(F)F)C3)nc12. The van der Waals surface area contributed by atoms with Gasteiger partial charge in [-0.05, 0) is 36.1 Å². The molecule has 0 radical (unpaired) electrons. The number of pyridine rings is 1. The number of aromatic nitrogens is 3. The Morgan fingerprint density at radius 3 is 2.52 bits per heavy atom. The largest absolute Gasteiger partial charge is 0.390 e. The van der Waals surface area contributed by atoms with Crippen LogP contribution >= 0.6 is 0 Å². The van der Waals surface area contributed by atoms with Crippen LogP contribution in [0.1, 0.15) is 38.2 Å². The molecule has 0 saturated carbocycles. The van der Waals surface area contributed by atoms with Gasteiger partial charge in [0.15, 0.2) is 0 Å². The Labute approximate surface area is 227 Å². The summed E-state index contributed by atoms with van der Waals surface area (Å²) in [6, 6.07) is 4.97. The number of halogens is 6. The lowest BCUT2D eigenvalue weighted by Gasteiger charge is -2.30. The molecule has 40 heavy (non-hydrogen) atoms. The first kappa shape index (κ1) is 29.8. The van der Waals surface area contributed by atoms with Crippen LogP contribution in [0.3, 0.4) is 0 Å². The zero-order valence-corrected chi connectivity index (χ0v) is 22.4. The lowest BCUT2D eigenvalue weighted by molar-refractivity contribution is -0.129. The molecule has 1 aliphatic rings. The highest BCUT2D eigenvalue weighted by Gasteiger charge is 2.31. The first-order valence-electron chi connectivity index (χ1n) is 12.5. The average Bonchev–Trinajstić information content (AvgIpc) is 2.88. The molecule has 1 aliphatic heterocycles. The standard InChI is InChI=1S/C25H28F6N6O2S/c1-13(2)17-9-20(14-3-4-19(18(26)8-14)37-40(38,39)6-5-25(29,30)31)35-21-12-33-24(36-22(17)21)34-16-7-15(23(27)28)10-32-11-16/h3-4,8-9,12-13,15-16,23,32,37H,5-7,10-11H2,1-2H3,(H,33,34,36)/t15?,16-/m0/s1. The summed E-state index contributed by atoms with van der Waals surface area (Å²) in [6.45, 7) is 4.57. The van der Waals surface area contributed by atoms with Crippen molar-refractivity contribution in [2.45, 2.75) is 51.3 Å². The molecule has 218 valence electrons. The summed E-state index contributed by atoms with van der Waals surface area (Å²) in [6.07, 6.45) is -6.93. The number of rotatable bonds is 9. The first-order chi connectivity index (χ1) is 18.7. The second kappa shape index (κ2) is 11.7. The number of sulfonamides is 1. The molecule has 1 aromatic carbocycles. The van der Waals surface area contributed by atoms with Gasteiger partial charge in [0, 0.05) is 30.6 Å². The highest BCUT2D eigenvalue weighted by atomic mass is 32.2. The molecule has 0 aliphatic carbocycles. The molecule has 2 aromatic heterocycles. The number of hydrogen-bond acceptors (Lipinski definition) is 7. The minimum Gasteiger partial charge on any atom is -0.350 e. The molecule has 2 atom stereocenters.